The monoisotopic (exact) mass is 382 g/mol. The van der Waals surface area contributed by atoms with Gasteiger partial charge in [-0.25, -0.2) is 13.4 Å². The van der Waals surface area contributed by atoms with Gasteiger partial charge in [-0.05, 0) is 31.2 Å². The maximum Gasteiger partial charge on any atom is 0.243 e. The maximum absolute atomic E-state index is 12.5. The van der Waals surface area contributed by atoms with E-state index < -0.39 is 15.9 Å². The van der Waals surface area contributed by atoms with Crippen molar-refractivity contribution in [3.8, 4) is 0 Å². The predicted octanol–water partition coefficient (Wildman–Crippen LogP) is 1.67. The van der Waals surface area contributed by atoms with Gasteiger partial charge < -0.3 is 10.6 Å². The van der Waals surface area contributed by atoms with Gasteiger partial charge in [-0.2, -0.15) is 4.31 Å². The van der Waals surface area contributed by atoms with Crippen molar-refractivity contribution in [3.63, 3.8) is 0 Å². The standard InChI is InChI=1S/C15H18N4O4S2/c1-10-9-24-15(16-10)18-14(21)8-19(3)25(22,23)13-6-4-12(5-7-13)17-11(2)20/h4-7,9H,8H2,1-3H3,(H,17,20)(H,16,18,21). The average Bonchev–Trinajstić information content (AvgIpc) is 2.92. The zero-order chi connectivity index (χ0) is 18.6. The van der Waals surface area contributed by atoms with Crippen molar-refractivity contribution < 1.29 is 18.0 Å². The molecule has 10 heteroatoms. The lowest BCUT2D eigenvalue weighted by Crippen LogP contribution is -2.34. The Morgan fingerprint density at radius 2 is 1.84 bits per heavy atom. The molecule has 2 N–H and O–H groups in total. The van der Waals surface area contributed by atoms with Crippen LogP contribution in [-0.2, 0) is 19.6 Å². The molecule has 0 atom stereocenters. The van der Waals surface area contributed by atoms with E-state index in [-0.39, 0.29) is 17.3 Å². The number of rotatable bonds is 6. The Morgan fingerprint density at radius 3 is 2.36 bits per heavy atom. The highest BCUT2D eigenvalue weighted by molar-refractivity contribution is 7.89. The fraction of sp³-hybridized carbons (Fsp3) is 0.267. The largest absolute Gasteiger partial charge is 0.326 e. The van der Waals surface area contributed by atoms with Gasteiger partial charge in [-0.3, -0.25) is 9.59 Å². The summed E-state index contributed by atoms with van der Waals surface area (Å²) in [6, 6.07) is 5.72. The highest BCUT2D eigenvalue weighted by Gasteiger charge is 2.23. The predicted molar refractivity (Wildman–Crippen MR) is 96.0 cm³/mol. The molecule has 1 aromatic carbocycles. The molecule has 0 unspecified atom stereocenters. The minimum absolute atomic E-state index is 0.0296. The Labute approximate surface area is 149 Å². The lowest BCUT2D eigenvalue weighted by molar-refractivity contribution is -0.116. The lowest BCUT2D eigenvalue weighted by Gasteiger charge is -2.16. The quantitative estimate of drug-likeness (QED) is 0.790. The number of likely N-dealkylation sites (N-methyl/N-ethyl adjacent to an activating group) is 1. The van der Waals surface area contributed by atoms with Gasteiger partial charge in [0.25, 0.3) is 0 Å². The Balaban J connectivity index is 2.04. The van der Waals surface area contributed by atoms with E-state index in [9.17, 15) is 18.0 Å². The number of carbonyl (C=O) groups excluding carboxylic acids is 2. The molecule has 1 heterocycles. The molecule has 134 valence electrons. The first-order chi connectivity index (χ1) is 11.7. The number of amides is 2. The first-order valence-electron chi connectivity index (χ1n) is 7.24. The summed E-state index contributed by atoms with van der Waals surface area (Å²) < 4.78 is 26.0. The van der Waals surface area contributed by atoms with Crippen LogP contribution in [-0.4, -0.2) is 43.1 Å². The van der Waals surface area contributed by atoms with Gasteiger partial charge in [0, 0.05) is 25.0 Å². The summed E-state index contributed by atoms with van der Waals surface area (Å²) in [6.45, 7) is 2.82. The van der Waals surface area contributed by atoms with Crippen LogP contribution in [0.15, 0.2) is 34.5 Å². The van der Waals surface area contributed by atoms with Crippen molar-refractivity contribution in [2.45, 2.75) is 18.7 Å². The number of anilines is 2. The van der Waals surface area contributed by atoms with Gasteiger partial charge in [0.15, 0.2) is 5.13 Å². The molecular formula is C15H18N4O4S2. The summed E-state index contributed by atoms with van der Waals surface area (Å²) in [6.07, 6.45) is 0. The number of benzene rings is 1. The van der Waals surface area contributed by atoms with Crippen molar-refractivity contribution in [3.05, 3.63) is 35.3 Å². The number of thiazole rings is 1. The molecule has 25 heavy (non-hydrogen) atoms. The molecule has 0 fully saturated rings. The molecule has 0 radical (unpaired) electrons. The van der Waals surface area contributed by atoms with Gasteiger partial charge in [0.05, 0.1) is 17.1 Å². The van der Waals surface area contributed by atoms with Crippen molar-refractivity contribution >= 4 is 44.0 Å². The molecule has 0 spiro atoms. The summed E-state index contributed by atoms with van der Waals surface area (Å²) in [4.78, 5) is 27.1. The fourth-order valence-electron chi connectivity index (χ4n) is 1.95. The van der Waals surface area contributed by atoms with E-state index >= 15 is 0 Å². The second kappa shape index (κ2) is 7.72. The Hall–Kier alpha value is -2.30. The second-order valence-corrected chi connectivity index (χ2v) is 8.21. The van der Waals surface area contributed by atoms with Gasteiger partial charge in [-0.15, -0.1) is 11.3 Å². The zero-order valence-electron chi connectivity index (χ0n) is 13.9. The number of hydrogen-bond donors (Lipinski definition) is 2. The second-order valence-electron chi connectivity index (χ2n) is 5.31. The Morgan fingerprint density at radius 1 is 1.20 bits per heavy atom. The van der Waals surface area contributed by atoms with Gasteiger partial charge in [-0.1, -0.05) is 0 Å². The van der Waals surface area contributed by atoms with Crippen molar-refractivity contribution in [2.24, 2.45) is 0 Å². The smallest absolute Gasteiger partial charge is 0.243 e. The highest BCUT2D eigenvalue weighted by atomic mass is 32.2. The van der Waals surface area contributed by atoms with Crippen molar-refractivity contribution in [1.82, 2.24) is 9.29 Å². The molecule has 2 amide bonds. The molecule has 0 bridgehead atoms. The first-order valence-corrected chi connectivity index (χ1v) is 9.56. The molecule has 1 aromatic heterocycles. The van der Waals surface area contributed by atoms with Crippen LogP contribution in [0.3, 0.4) is 0 Å². The van der Waals surface area contributed by atoms with Crippen LogP contribution < -0.4 is 10.6 Å². The molecule has 0 saturated heterocycles. The number of carbonyl (C=O) groups is 2. The van der Waals surface area contributed by atoms with E-state index in [4.69, 9.17) is 0 Å². The van der Waals surface area contributed by atoms with Crippen LogP contribution in [0.5, 0.6) is 0 Å². The van der Waals surface area contributed by atoms with Crippen LogP contribution >= 0.6 is 11.3 Å². The van der Waals surface area contributed by atoms with Crippen molar-refractivity contribution in [1.29, 1.82) is 0 Å². The number of hydrogen-bond acceptors (Lipinski definition) is 6. The van der Waals surface area contributed by atoms with E-state index in [1.807, 2.05) is 0 Å². The fourth-order valence-corrected chi connectivity index (χ4v) is 3.78. The van der Waals surface area contributed by atoms with Crippen LogP contribution in [0.1, 0.15) is 12.6 Å². The van der Waals surface area contributed by atoms with Crippen LogP contribution in [0.25, 0.3) is 0 Å². The van der Waals surface area contributed by atoms with Crippen LogP contribution in [0.2, 0.25) is 0 Å². The summed E-state index contributed by atoms with van der Waals surface area (Å²) in [7, 11) is -2.50. The SMILES string of the molecule is CC(=O)Nc1ccc(S(=O)(=O)N(C)CC(=O)Nc2nc(C)cs2)cc1. The van der Waals surface area contributed by atoms with E-state index in [0.717, 1.165) is 10.00 Å². The molecule has 2 aromatic rings. The topological polar surface area (TPSA) is 108 Å². The third kappa shape index (κ3) is 5.08. The Bertz CT molecular complexity index is 875. The van der Waals surface area contributed by atoms with E-state index in [2.05, 4.69) is 15.6 Å². The normalized spacial score (nSPS) is 11.4. The summed E-state index contributed by atoms with van der Waals surface area (Å²) in [5.74, 6) is -0.725. The molecule has 2 rings (SSSR count). The summed E-state index contributed by atoms with van der Waals surface area (Å²) in [5, 5.41) is 7.33. The molecule has 0 saturated carbocycles. The molecule has 8 nitrogen and oxygen atoms in total. The summed E-state index contributed by atoms with van der Waals surface area (Å²) in [5.41, 5.74) is 1.27. The maximum atomic E-state index is 12.5. The average molecular weight is 382 g/mol. The zero-order valence-corrected chi connectivity index (χ0v) is 15.6. The van der Waals surface area contributed by atoms with Crippen LogP contribution in [0, 0.1) is 6.92 Å². The number of nitrogens with one attached hydrogen (secondary N) is 2. The van der Waals surface area contributed by atoms with Gasteiger partial charge >= 0.3 is 0 Å². The molecule has 0 aliphatic heterocycles. The number of aryl methyl sites for hydroxylation is 1. The number of nitrogens with zero attached hydrogens (tertiary/aromatic N) is 2. The van der Waals surface area contributed by atoms with Crippen LogP contribution in [0.4, 0.5) is 10.8 Å². The first kappa shape index (κ1) is 19.0. The summed E-state index contributed by atoms with van der Waals surface area (Å²) >= 11 is 1.27. The third-order valence-electron chi connectivity index (χ3n) is 3.11. The van der Waals surface area contributed by atoms with E-state index in [1.165, 1.54) is 49.6 Å². The number of aromatic nitrogens is 1. The van der Waals surface area contributed by atoms with E-state index in [0.29, 0.717) is 10.8 Å². The van der Waals surface area contributed by atoms with Crippen molar-refractivity contribution in [2.75, 3.05) is 24.2 Å². The number of sulfonamides is 1. The van der Waals surface area contributed by atoms with E-state index in [1.54, 1.807) is 12.3 Å². The highest BCUT2D eigenvalue weighted by Crippen LogP contribution is 2.18. The molecular weight excluding hydrogens is 364 g/mol. The van der Waals surface area contributed by atoms with Gasteiger partial charge in [0.1, 0.15) is 0 Å². The van der Waals surface area contributed by atoms with Gasteiger partial charge in [0.2, 0.25) is 21.8 Å². The molecule has 0 aliphatic carbocycles. The minimum Gasteiger partial charge on any atom is -0.326 e. The third-order valence-corrected chi connectivity index (χ3v) is 5.81. The molecule has 0 aliphatic rings. The minimum atomic E-state index is -3.82. The lowest BCUT2D eigenvalue weighted by atomic mass is 10.3. The Kier molecular flexibility index (Phi) is 5.88.